The molecule has 0 aliphatic heterocycles. The van der Waals surface area contributed by atoms with Gasteiger partial charge in [-0.15, -0.1) is 0 Å². The molecule has 0 radical (unpaired) electrons. The Balaban J connectivity index is 1.52. The van der Waals surface area contributed by atoms with Gasteiger partial charge in [0, 0.05) is 5.39 Å². The van der Waals surface area contributed by atoms with Crippen LogP contribution in [0.3, 0.4) is 0 Å². The normalized spacial score (nSPS) is 15.0. The fourth-order valence-corrected chi connectivity index (χ4v) is 3.47. The first kappa shape index (κ1) is 15.0. The first-order valence-corrected chi connectivity index (χ1v) is 8.62. The fourth-order valence-electron chi connectivity index (χ4n) is 3.47. The second-order valence-electron chi connectivity index (χ2n) is 6.58. The van der Waals surface area contributed by atoms with Crippen LogP contribution in [0.1, 0.15) is 53.1 Å². The van der Waals surface area contributed by atoms with Gasteiger partial charge in [0.15, 0.2) is 5.76 Å². The Morgan fingerprint density at radius 1 is 1.04 bits per heavy atom. The summed E-state index contributed by atoms with van der Waals surface area (Å²) in [6.07, 6.45) is 4.86. The predicted octanol–water partition coefficient (Wildman–Crippen LogP) is 4.80. The summed E-state index contributed by atoms with van der Waals surface area (Å²) in [6.45, 7) is 2.02. The molecule has 0 saturated carbocycles. The van der Waals surface area contributed by atoms with Crippen LogP contribution in [-0.2, 0) is 12.8 Å². The molecule has 1 aromatic heterocycles. The van der Waals surface area contributed by atoms with Crippen molar-refractivity contribution >= 4 is 16.9 Å². The van der Waals surface area contributed by atoms with E-state index in [1.807, 2.05) is 31.2 Å². The molecule has 1 heterocycles. The van der Waals surface area contributed by atoms with E-state index in [4.69, 9.17) is 4.42 Å². The van der Waals surface area contributed by atoms with Crippen molar-refractivity contribution in [2.24, 2.45) is 0 Å². The van der Waals surface area contributed by atoms with E-state index in [9.17, 15) is 4.79 Å². The van der Waals surface area contributed by atoms with Gasteiger partial charge in [0.25, 0.3) is 5.91 Å². The summed E-state index contributed by atoms with van der Waals surface area (Å²) in [5.74, 6) is 0.192. The lowest BCUT2D eigenvalue weighted by Crippen LogP contribution is -2.26. The zero-order valence-corrected chi connectivity index (χ0v) is 13.8. The highest BCUT2D eigenvalue weighted by Crippen LogP contribution is 2.25. The number of rotatable bonds is 3. The van der Waals surface area contributed by atoms with Gasteiger partial charge in [-0.3, -0.25) is 4.79 Å². The molecule has 1 unspecified atom stereocenters. The van der Waals surface area contributed by atoms with E-state index in [0.717, 1.165) is 23.0 Å². The number of hydrogen-bond donors (Lipinski definition) is 1. The minimum absolute atomic E-state index is 0.0436. The Hall–Kier alpha value is -2.55. The van der Waals surface area contributed by atoms with Gasteiger partial charge in [-0.05, 0) is 61.4 Å². The highest BCUT2D eigenvalue weighted by atomic mass is 16.3. The Morgan fingerprint density at radius 3 is 2.67 bits per heavy atom. The van der Waals surface area contributed by atoms with E-state index < -0.39 is 0 Å². The Labute approximate surface area is 141 Å². The van der Waals surface area contributed by atoms with Gasteiger partial charge in [-0.2, -0.15) is 0 Å². The number of nitrogens with one attached hydrogen (secondary N) is 1. The van der Waals surface area contributed by atoms with E-state index in [1.54, 1.807) is 6.07 Å². The maximum Gasteiger partial charge on any atom is 0.287 e. The highest BCUT2D eigenvalue weighted by Gasteiger charge is 2.17. The van der Waals surface area contributed by atoms with E-state index in [1.165, 1.54) is 30.4 Å². The van der Waals surface area contributed by atoms with Crippen LogP contribution in [0.4, 0.5) is 0 Å². The largest absolute Gasteiger partial charge is 0.451 e. The summed E-state index contributed by atoms with van der Waals surface area (Å²) < 4.78 is 5.65. The topological polar surface area (TPSA) is 42.2 Å². The molecule has 0 fully saturated rings. The average Bonchev–Trinajstić information content (AvgIpc) is 3.05. The van der Waals surface area contributed by atoms with E-state index >= 15 is 0 Å². The molecule has 3 nitrogen and oxygen atoms in total. The third-order valence-electron chi connectivity index (χ3n) is 4.87. The first-order valence-electron chi connectivity index (χ1n) is 8.62. The summed E-state index contributed by atoms with van der Waals surface area (Å²) >= 11 is 0. The molecular weight excluding hydrogens is 298 g/mol. The molecule has 4 rings (SSSR count). The number of carbonyl (C=O) groups excluding carboxylic acids is 1. The SMILES string of the molecule is CC(NC(=O)c1cc2ccccc2o1)c1ccc2c(c1)CCCC2. The first-order chi connectivity index (χ1) is 11.7. The minimum atomic E-state index is -0.170. The van der Waals surface area contributed by atoms with Crippen molar-refractivity contribution in [3.8, 4) is 0 Å². The van der Waals surface area contributed by atoms with Crippen LogP contribution < -0.4 is 5.32 Å². The van der Waals surface area contributed by atoms with Gasteiger partial charge in [0.1, 0.15) is 5.58 Å². The molecule has 1 N–H and O–H groups in total. The predicted molar refractivity (Wildman–Crippen MR) is 95.2 cm³/mol. The summed E-state index contributed by atoms with van der Waals surface area (Å²) in [7, 11) is 0. The number of benzene rings is 2. The second-order valence-corrected chi connectivity index (χ2v) is 6.58. The number of aryl methyl sites for hydroxylation is 2. The third-order valence-corrected chi connectivity index (χ3v) is 4.87. The summed E-state index contributed by atoms with van der Waals surface area (Å²) in [5, 5.41) is 4.00. The average molecular weight is 319 g/mol. The number of amides is 1. The van der Waals surface area contributed by atoms with Crippen molar-refractivity contribution in [1.29, 1.82) is 0 Å². The molecule has 24 heavy (non-hydrogen) atoms. The van der Waals surface area contributed by atoms with Crippen molar-refractivity contribution < 1.29 is 9.21 Å². The number of furan rings is 1. The van der Waals surface area contributed by atoms with Gasteiger partial charge in [0.2, 0.25) is 0 Å². The minimum Gasteiger partial charge on any atom is -0.451 e. The summed E-state index contributed by atoms with van der Waals surface area (Å²) in [6, 6.07) is 16.0. The molecule has 122 valence electrons. The van der Waals surface area contributed by atoms with Gasteiger partial charge in [0.05, 0.1) is 6.04 Å². The molecule has 3 aromatic rings. The molecule has 1 atom stereocenters. The standard InChI is InChI=1S/C21H21NO2/c1-14(16-11-10-15-6-2-3-7-17(15)12-16)22-21(23)20-13-18-8-4-5-9-19(18)24-20/h4-5,8-14H,2-3,6-7H2,1H3,(H,22,23). The Kier molecular flexibility index (Phi) is 3.85. The molecule has 2 aromatic carbocycles. The molecule has 1 amide bonds. The zero-order chi connectivity index (χ0) is 16.5. The molecule has 1 aliphatic rings. The van der Waals surface area contributed by atoms with Crippen molar-refractivity contribution in [3.63, 3.8) is 0 Å². The van der Waals surface area contributed by atoms with Gasteiger partial charge in [-0.1, -0.05) is 36.4 Å². The maximum atomic E-state index is 12.5. The second kappa shape index (κ2) is 6.16. The molecule has 0 spiro atoms. The Bertz CT molecular complexity index is 861. The fraction of sp³-hybridized carbons (Fsp3) is 0.286. The number of carbonyl (C=O) groups is 1. The van der Waals surface area contributed by atoms with Crippen molar-refractivity contribution in [2.45, 2.75) is 38.6 Å². The summed E-state index contributed by atoms with van der Waals surface area (Å²) in [4.78, 5) is 12.5. The monoisotopic (exact) mass is 319 g/mol. The van der Waals surface area contributed by atoms with Crippen LogP contribution in [0.2, 0.25) is 0 Å². The van der Waals surface area contributed by atoms with Crippen molar-refractivity contribution in [3.05, 3.63) is 71.0 Å². The maximum absolute atomic E-state index is 12.5. The van der Waals surface area contributed by atoms with Gasteiger partial charge in [-0.25, -0.2) is 0 Å². The zero-order valence-electron chi connectivity index (χ0n) is 13.8. The quantitative estimate of drug-likeness (QED) is 0.753. The lowest BCUT2D eigenvalue weighted by Gasteiger charge is -2.19. The van der Waals surface area contributed by atoms with Gasteiger partial charge >= 0.3 is 0 Å². The van der Waals surface area contributed by atoms with Crippen LogP contribution in [0.5, 0.6) is 0 Å². The van der Waals surface area contributed by atoms with E-state index in [0.29, 0.717) is 5.76 Å². The van der Waals surface area contributed by atoms with Gasteiger partial charge < -0.3 is 9.73 Å². The number of hydrogen-bond acceptors (Lipinski definition) is 2. The molecule has 0 bridgehead atoms. The highest BCUT2D eigenvalue weighted by molar-refractivity contribution is 5.96. The summed E-state index contributed by atoms with van der Waals surface area (Å²) in [5.41, 5.74) is 4.79. The van der Waals surface area contributed by atoms with Crippen molar-refractivity contribution in [1.82, 2.24) is 5.32 Å². The van der Waals surface area contributed by atoms with E-state index in [2.05, 4.69) is 23.5 Å². The molecular formula is C21H21NO2. The molecule has 0 saturated heterocycles. The number of fused-ring (bicyclic) bond motifs is 2. The number of para-hydroxylation sites is 1. The van der Waals surface area contributed by atoms with Crippen LogP contribution in [0.25, 0.3) is 11.0 Å². The van der Waals surface area contributed by atoms with Crippen LogP contribution in [0, 0.1) is 0 Å². The molecule has 3 heteroatoms. The lowest BCUT2D eigenvalue weighted by molar-refractivity contribution is 0.0914. The van der Waals surface area contributed by atoms with Crippen LogP contribution in [0.15, 0.2) is 52.9 Å². The molecule has 1 aliphatic carbocycles. The van der Waals surface area contributed by atoms with Crippen molar-refractivity contribution in [2.75, 3.05) is 0 Å². The van der Waals surface area contributed by atoms with Crippen LogP contribution >= 0.6 is 0 Å². The lowest BCUT2D eigenvalue weighted by atomic mass is 9.89. The Morgan fingerprint density at radius 2 is 1.83 bits per heavy atom. The van der Waals surface area contributed by atoms with Crippen LogP contribution in [-0.4, -0.2) is 5.91 Å². The smallest absolute Gasteiger partial charge is 0.287 e. The van der Waals surface area contributed by atoms with E-state index in [-0.39, 0.29) is 11.9 Å². The third kappa shape index (κ3) is 2.82.